The van der Waals surface area contributed by atoms with Crippen LogP contribution in [0.1, 0.15) is 31.2 Å². The van der Waals surface area contributed by atoms with E-state index >= 15 is 0 Å². The Kier molecular flexibility index (Phi) is 8.14. The molecule has 0 spiro atoms. The zero-order valence-corrected chi connectivity index (χ0v) is 18.0. The molecule has 1 heterocycles. The molecule has 0 saturated heterocycles. The van der Waals surface area contributed by atoms with Crippen LogP contribution in [-0.4, -0.2) is 33.0 Å². The van der Waals surface area contributed by atoms with Gasteiger partial charge < -0.3 is 5.32 Å². The number of hydrogen-bond donors (Lipinski definition) is 1. The zero-order chi connectivity index (χ0) is 20.5. The lowest BCUT2D eigenvalue weighted by Crippen LogP contribution is -2.26. The maximum atomic E-state index is 12.1. The standard InChI is InChI=1S/C22H25ClN4OS/c1-2-3-15-24-21(28)16-29-22-26-25-20(14-9-17-7-5-4-6-8-17)27(22)19-12-10-18(23)11-13-19/h4-8,10-13H,2-3,9,14-16H2,1H3,(H,24,28). The summed E-state index contributed by atoms with van der Waals surface area (Å²) in [4.78, 5) is 12.1. The third kappa shape index (κ3) is 6.34. The van der Waals surface area contributed by atoms with E-state index in [1.165, 1.54) is 17.3 Å². The maximum Gasteiger partial charge on any atom is 0.230 e. The average Bonchev–Trinajstić information content (AvgIpc) is 3.15. The first-order chi connectivity index (χ1) is 14.2. The molecule has 1 N–H and O–H groups in total. The van der Waals surface area contributed by atoms with Gasteiger partial charge in [0.2, 0.25) is 5.91 Å². The number of carbonyl (C=O) groups excluding carboxylic acids is 1. The van der Waals surface area contributed by atoms with Gasteiger partial charge in [0, 0.05) is 23.7 Å². The highest BCUT2D eigenvalue weighted by atomic mass is 35.5. The van der Waals surface area contributed by atoms with Gasteiger partial charge in [0.25, 0.3) is 0 Å². The Morgan fingerprint density at radius 2 is 1.83 bits per heavy atom. The quantitative estimate of drug-likeness (QED) is 0.375. The fourth-order valence-electron chi connectivity index (χ4n) is 2.89. The number of halogens is 1. The van der Waals surface area contributed by atoms with E-state index in [2.05, 4.69) is 34.6 Å². The largest absolute Gasteiger partial charge is 0.355 e. The first kappa shape index (κ1) is 21.4. The van der Waals surface area contributed by atoms with Crippen LogP contribution < -0.4 is 5.32 Å². The van der Waals surface area contributed by atoms with Crippen LogP contribution in [0.3, 0.4) is 0 Å². The molecule has 1 amide bonds. The highest BCUT2D eigenvalue weighted by Crippen LogP contribution is 2.24. The summed E-state index contributed by atoms with van der Waals surface area (Å²) in [6, 6.07) is 17.9. The topological polar surface area (TPSA) is 59.8 Å². The van der Waals surface area contributed by atoms with Gasteiger partial charge in [0.05, 0.1) is 5.75 Å². The smallest absolute Gasteiger partial charge is 0.230 e. The van der Waals surface area contributed by atoms with Crippen molar-refractivity contribution >= 4 is 29.3 Å². The molecule has 1 aromatic heterocycles. The molecule has 0 fully saturated rings. The number of rotatable bonds is 10. The lowest BCUT2D eigenvalue weighted by molar-refractivity contribution is -0.118. The Labute approximate surface area is 180 Å². The van der Waals surface area contributed by atoms with Gasteiger partial charge in [-0.25, -0.2) is 0 Å². The number of hydrogen-bond acceptors (Lipinski definition) is 4. The Balaban J connectivity index is 1.75. The Hall–Kier alpha value is -2.31. The van der Waals surface area contributed by atoms with Crippen molar-refractivity contribution < 1.29 is 4.79 Å². The molecule has 0 atom stereocenters. The van der Waals surface area contributed by atoms with E-state index in [0.717, 1.165) is 37.2 Å². The molecule has 2 aromatic carbocycles. The van der Waals surface area contributed by atoms with E-state index in [-0.39, 0.29) is 5.91 Å². The minimum Gasteiger partial charge on any atom is -0.355 e. The summed E-state index contributed by atoms with van der Waals surface area (Å²) in [5.74, 6) is 1.19. The summed E-state index contributed by atoms with van der Waals surface area (Å²) < 4.78 is 2.02. The number of amides is 1. The fourth-order valence-corrected chi connectivity index (χ4v) is 3.82. The molecule has 3 aromatic rings. The highest BCUT2D eigenvalue weighted by Gasteiger charge is 2.16. The summed E-state index contributed by atoms with van der Waals surface area (Å²) in [6.07, 6.45) is 3.67. The fraction of sp³-hybridized carbons (Fsp3) is 0.318. The number of nitrogens with one attached hydrogen (secondary N) is 1. The van der Waals surface area contributed by atoms with Crippen molar-refractivity contribution in [3.05, 3.63) is 71.0 Å². The molecule has 0 radical (unpaired) electrons. The van der Waals surface area contributed by atoms with E-state index in [1.807, 2.05) is 47.0 Å². The van der Waals surface area contributed by atoms with Gasteiger partial charge in [0.1, 0.15) is 5.82 Å². The molecule has 0 unspecified atom stereocenters. The van der Waals surface area contributed by atoms with E-state index in [0.29, 0.717) is 22.5 Å². The molecule has 3 rings (SSSR count). The predicted molar refractivity (Wildman–Crippen MR) is 119 cm³/mol. The van der Waals surface area contributed by atoms with Crippen LogP contribution in [0.25, 0.3) is 5.69 Å². The van der Waals surface area contributed by atoms with Crippen molar-refractivity contribution in [2.24, 2.45) is 0 Å². The summed E-state index contributed by atoms with van der Waals surface area (Å²) in [5.41, 5.74) is 2.19. The lowest BCUT2D eigenvalue weighted by atomic mass is 10.1. The normalized spacial score (nSPS) is 10.8. The van der Waals surface area contributed by atoms with Gasteiger partial charge in [0.15, 0.2) is 5.16 Å². The minimum atomic E-state index is 0.0138. The molecule has 0 aliphatic carbocycles. The van der Waals surface area contributed by atoms with Gasteiger partial charge in [-0.15, -0.1) is 10.2 Å². The maximum absolute atomic E-state index is 12.1. The second-order valence-corrected chi connectivity index (χ2v) is 8.07. The monoisotopic (exact) mass is 428 g/mol. The van der Waals surface area contributed by atoms with Crippen molar-refractivity contribution in [2.75, 3.05) is 12.3 Å². The number of nitrogens with zero attached hydrogens (tertiary/aromatic N) is 3. The van der Waals surface area contributed by atoms with Crippen LogP contribution in [0.2, 0.25) is 5.02 Å². The van der Waals surface area contributed by atoms with E-state index in [1.54, 1.807) is 0 Å². The molecule has 0 aliphatic rings. The predicted octanol–water partition coefficient (Wildman–Crippen LogP) is 4.71. The first-order valence-electron chi connectivity index (χ1n) is 9.81. The van der Waals surface area contributed by atoms with Crippen LogP contribution >= 0.6 is 23.4 Å². The molecule has 152 valence electrons. The van der Waals surface area contributed by atoms with Crippen molar-refractivity contribution in [3.63, 3.8) is 0 Å². The highest BCUT2D eigenvalue weighted by molar-refractivity contribution is 7.99. The second-order valence-electron chi connectivity index (χ2n) is 6.69. The summed E-state index contributed by atoms with van der Waals surface area (Å²) in [5, 5.41) is 13.1. The van der Waals surface area contributed by atoms with Crippen LogP contribution in [0, 0.1) is 0 Å². The molecule has 0 saturated carbocycles. The van der Waals surface area contributed by atoms with Crippen LogP contribution in [0.15, 0.2) is 59.8 Å². The van der Waals surface area contributed by atoms with Gasteiger partial charge in [-0.2, -0.15) is 0 Å². The van der Waals surface area contributed by atoms with Gasteiger partial charge in [-0.1, -0.05) is 67.0 Å². The zero-order valence-electron chi connectivity index (χ0n) is 16.5. The molecular weight excluding hydrogens is 404 g/mol. The van der Waals surface area contributed by atoms with Crippen LogP contribution in [0.4, 0.5) is 0 Å². The van der Waals surface area contributed by atoms with Gasteiger partial charge in [-0.3, -0.25) is 9.36 Å². The third-order valence-corrected chi connectivity index (χ3v) is 5.63. The summed E-state index contributed by atoms with van der Waals surface area (Å²) in [7, 11) is 0. The number of aromatic nitrogens is 3. The van der Waals surface area contributed by atoms with Gasteiger partial charge >= 0.3 is 0 Å². The minimum absolute atomic E-state index is 0.0138. The van der Waals surface area contributed by atoms with Crippen LogP contribution in [0.5, 0.6) is 0 Å². The number of unbranched alkanes of at least 4 members (excludes halogenated alkanes) is 1. The van der Waals surface area contributed by atoms with Crippen molar-refractivity contribution in [2.45, 2.75) is 37.8 Å². The Bertz CT molecular complexity index is 912. The number of thioether (sulfide) groups is 1. The molecule has 29 heavy (non-hydrogen) atoms. The third-order valence-electron chi connectivity index (χ3n) is 4.45. The first-order valence-corrected chi connectivity index (χ1v) is 11.2. The van der Waals surface area contributed by atoms with E-state index < -0.39 is 0 Å². The molecule has 0 aliphatic heterocycles. The molecule has 5 nitrogen and oxygen atoms in total. The summed E-state index contributed by atoms with van der Waals surface area (Å²) in [6.45, 7) is 2.81. The molecule has 0 bridgehead atoms. The van der Waals surface area contributed by atoms with Crippen molar-refractivity contribution in [1.82, 2.24) is 20.1 Å². The van der Waals surface area contributed by atoms with E-state index in [9.17, 15) is 4.79 Å². The second kappa shape index (κ2) is 11.0. The van der Waals surface area contributed by atoms with Crippen LogP contribution in [-0.2, 0) is 17.6 Å². The average molecular weight is 429 g/mol. The number of carbonyl (C=O) groups is 1. The molecule has 7 heteroatoms. The van der Waals surface area contributed by atoms with Gasteiger partial charge in [-0.05, 0) is 42.7 Å². The number of benzene rings is 2. The Morgan fingerprint density at radius 1 is 1.07 bits per heavy atom. The summed E-state index contributed by atoms with van der Waals surface area (Å²) >= 11 is 7.46. The van der Waals surface area contributed by atoms with Crippen molar-refractivity contribution in [1.29, 1.82) is 0 Å². The number of aryl methyl sites for hydroxylation is 2. The lowest BCUT2D eigenvalue weighted by Gasteiger charge is -2.11. The van der Waals surface area contributed by atoms with E-state index in [4.69, 9.17) is 11.6 Å². The SMILES string of the molecule is CCCCNC(=O)CSc1nnc(CCc2ccccc2)n1-c1ccc(Cl)cc1. The molecular formula is C22H25ClN4OS. The Morgan fingerprint density at radius 3 is 2.55 bits per heavy atom. The van der Waals surface area contributed by atoms with Crippen molar-refractivity contribution in [3.8, 4) is 5.69 Å².